The first-order valence-corrected chi connectivity index (χ1v) is 12.5. The summed E-state index contributed by atoms with van der Waals surface area (Å²) in [7, 11) is 0. The van der Waals surface area contributed by atoms with E-state index in [4.69, 9.17) is 21.3 Å². The van der Waals surface area contributed by atoms with Crippen molar-refractivity contribution >= 4 is 29.1 Å². The predicted molar refractivity (Wildman–Crippen MR) is 129 cm³/mol. The molecule has 2 saturated carbocycles. The quantitative estimate of drug-likeness (QED) is 0.478. The van der Waals surface area contributed by atoms with Crippen molar-refractivity contribution in [2.45, 2.75) is 77.2 Å². The van der Waals surface area contributed by atoms with Crippen molar-refractivity contribution < 1.29 is 9.53 Å². The maximum atomic E-state index is 13.4. The van der Waals surface area contributed by atoms with Crippen LogP contribution >= 0.6 is 11.6 Å². The number of benzene rings is 1. The Morgan fingerprint density at radius 1 is 1.12 bits per heavy atom. The SMILES string of the molecule is CC(C)[C@@H]1CC[C@@H](C)C[C@H]1OC(=O)c1cnc(Nc2cccc(Cl)c2)c2c1C1CCC2C1. The van der Waals surface area contributed by atoms with E-state index in [1.54, 1.807) is 6.20 Å². The molecular formula is C27H33ClN2O2. The lowest BCUT2D eigenvalue weighted by molar-refractivity contribution is -0.0175. The Balaban J connectivity index is 1.44. The lowest BCUT2D eigenvalue weighted by atomic mass is 9.75. The molecule has 1 heterocycles. The topological polar surface area (TPSA) is 51.2 Å². The third kappa shape index (κ3) is 4.03. The molecule has 5 heteroatoms. The van der Waals surface area contributed by atoms with Crippen molar-refractivity contribution in [1.29, 1.82) is 0 Å². The number of carbonyl (C=O) groups excluding carboxylic acids is 1. The molecule has 1 aromatic carbocycles. The van der Waals surface area contributed by atoms with Gasteiger partial charge in [-0.25, -0.2) is 9.78 Å². The molecule has 0 saturated heterocycles. The van der Waals surface area contributed by atoms with Crippen LogP contribution < -0.4 is 5.32 Å². The van der Waals surface area contributed by atoms with Crippen molar-refractivity contribution in [1.82, 2.24) is 4.98 Å². The third-order valence-electron chi connectivity index (χ3n) is 7.93. The summed E-state index contributed by atoms with van der Waals surface area (Å²) in [6.07, 6.45) is 8.49. The number of hydrogen-bond donors (Lipinski definition) is 1. The molecule has 2 fully saturated rings. The number of halogens is 1. The molecule has 32 heavy (non-hydrogen) atoms. The Hall–Kier alpha value is -2.07. The Bertz CT molecular complexity index is 1020. The van der Waals surface area contributed by atoms with E-state index in [2.05, 4.69) is 26.1 Å². The molecule has 2 aromatic rings. The fraction of sp³-hybridized carbons (Fsp3) is 0.556. The minimum atomic E-state index is -0.180. The number of carbonyl (C=O) groups is 1. The van der Waals surface area contributed by atoms with Crippen LogP contribution in [0.1, 0.15) is 92.6 Å². The fourth-order valence-corrected chi connectivity index (χ4v) is 6.51. The molecule has 5 rings (SSSR count). The van der Waals surface area contributed by atoms with E-state index in [9.17, 15) is 4.79 Å². The Labute approximate surface area is 196 Å². The van der Waals surface area contributed by atoms with Gasteiger partial charge in [-0.1, -0.05) is 44.9 Å². The summed E-state index contributed by atoms with van der Waals surface area (Å²) in [5, 5.41) is 4.15. The summed E-state index contributed by atoms with van der Waals surface area (Å²) in [5.74, 6) is 3.15. The first kappa shape index (κ1) is 21.8. The number of anilines is 2. The average Bonchev–Trinajstić information content (AvgIpc) is 3.36. The minimum Gasteiger partial charge on any atom is -0.458 e. The number of aromatic nitrogens is 1. The van der Waals surface area contributed by atoms with Crippen LogP contribution in [0, 0.1) is 17.8 Å². The second-order valence-electron chi connectivity index (χ2n) is 10.5. The van der Waals surface area contributed by atoms with Crippen LogP contribution in [0.3, 0.4) is 0 Å². The van der Waals surface area contributed by atoms with Crippen molar-refractivity contribution in [3.8, 4) is 0 Å². The predicted octanol–water partition coefficient (Wildman–Crippen LogP) is 7.46. The Morgan fingerprint density at radius 3 is 2.66 bits per heavy atom. The molecular weight excluding hydrogens is 420 g/mol. The summed E-state index contributed by atoms with van der Waals surface area (Å²) < 4.78 is 6.21. The Kier molecular flexibility index (Phi) is 5.92. The highest BCUT2D eigenvalue weighted by molar-refractivity contribution is 6.30. The molecule has 1 N–H and O–H groups in total. The minimum absolute atomic E-state index is 0.00440. The van der Waals surface area contributed by atoms with Crippen molar-refractivity contribution in [2.24, 2.45) is 17.8 Å². The maximum Gasteiger partial charge on any atom is 0.340 e. The normalized spacial score (nSPS) is 28.6. The molecule has 2 bridgehead atoms. The molecule has 3 aliphatic carbocycles. The van der Waals surface area contributed by atoms with Crippen molar-refractivity contribution in [2.75, 3.05) is 5.32 Å². The van der Waals surface area contributed by atoms with E-state index in [0.29, 0.717) is 40.2 Å². The molecule has 1 aromatic heterocycles. The first-order chi connectivity index (χ1) is 15.4. The van der Waals surface area contributed by atoms with Gasteiger partial charge in [-0.2, -0.15) is 0 Å². The van der Waals surface area contributed by atoms with Gasteiger partial charge in [-0.15, -0.1) is 0 Å². The fourth-order valence-electron chi connectivity index (χ4n) is 6.32. The van der Waals surface area contributed by atoms with Crippen LogP contribution in [0.5, 0.6) is 0 Å². The lowest BCUT2D eigenvalue weighted by Gasteiger charge is -2.36. The number of pyridine rings is 1. The van der Waals surface area contributed by atoms with E-state index in [1.165, 1.54) is 17.5 Å². The van der Waals surface area contributed by atoms with E-state index in [-0.39, 0.29) is 12.1 Å². The average molecular weight is 453 g/mol. The lowest BCUT2D eigenvalue weighted by Crippen LogP contribution is -2.36. The molecule has 3 aliphatic rings. The van der Waals surface area contributed by atoms with E-state index in [0.717, 1.165) is 43.6 Å². The third-order valence-corrected chi connectivity index (χ3v) is 8.17. The second-order valence-corrected chi connectivity index (χ2v) is 10.9. The molecule has 0 spiro atoms. The number of hydrogen-bond acceptors (Lipinski definition) is 4. The smallest absolute Gasteiger partial charge is 0.340 e. The Morgan fingerprint density at radius 2 is 1.91 bits per heavy atom. The second kappa shape index (κ2) is 8.70. The molecule has 170 valence electrons. The summed E-state index contributed by atoms with van der Waals surface area (Å²) in [6.45, 7) is 6.76. The van der Waals surface area contributed by atoms with Gasteiger partial charge in [-0.3, -0.25) is 0 Å². The van der Waals surface area contributed by atoms with Gasteiger partial charge in [0.05, 0.1) is 5.56 Å². The molecule has 2 unspecified atom stereocenters. The van der Waals surface area contributed by atoms with Gasteiger partial charge in [0.1, 0.15) is 11.9 Å². The molecule has 0 aliphatic heterocycles. The zero-order valence-electron chi connectivity index (χ0n) is 19.2. The molecule has 0 amide bonds. The number of fused-ring (bicyclic) bond motifs is 5. The maximum absolute atomic E-state index is 13.4. The van der Waals surface area contributed by atoms with Gasteiger partial charge in [0, 0.05) is 22.5 Å². The summed E-state index contributed by atoms with van der Waals surface area (Å²) >= 11 is 6.17. The van der Waals surface area contributed by atoms with Crippen LogP contribution in [0.4, 0.5) is 11.5 Å². The van der Waals surface area contributed by atoms with Crippen LogP contribution in [0.15, 0.2) is 30.5 Å². The van der Waals surface area contributed by atoms with Gasteiger partial charge in [0.2, 0.25) is 0 Å². The van der Waals surface area contributed by atoms with E-state index >= 15 is 0 Å². The van der Waals surface area contributed by atoms with E-state index in [1.807, 2.05) is 24.3 Å². The first-order valence-electron chi connectivity index (χ1n) is 12.2. The molecule has 0 radical (unpaired) electrons. The zero-order chi connectivity index (χ0) is 22.4. The van der Waals surface area contributed by atoms with Gasteiger partial charge >= 0.3 is 5.97 Å². The van der Waals surface area contributed by atoms with Crippen molar-refractivity contribution in [3.05, 3.63) is 52.2 Å². The van der Waals surface area contributed by atoms with E-state index < -0.39 is 0 Å². The molecule has 5 atom stereocenters. The number of nitrogens with zero attached hydrogens (tertiary/aromatic N) is 1. The largest absolute Gasteiger partial charge is 0.458 e. The van der Waals surface area contributed by atoms with Crippen LogP contribution in [-0.4, -0.2) is 17.1 Å². The monoisotopic (exact) mass is 452 g/mol. The zero-order valence-corrected chi connectivity index (χ0v) is 20.0. The highest BCUT2D eigenvalue weighted by atomic mass is 35.5. The van der Waals surface area contributed by atoms with Crippen LogP contribution in [-0.2, 0) is 4.74 Å². The highest BCUT2D eigenvalue weighted by Crippen LogP contribution is 2.56. The summed E-state index contributed by atoms with van der Waals surface area (Å²) in [4.78, 5) is 18.2. The summed E-state index contributed by atoms with van der Waals surface area (Å²) in [6, 6.07) is 7.69. The number of nitrogens with one attached hydrogen (secondary N) is 1. The van der Waals surface area contributed by atoms with Gasteiger partial charge in [0.15, 0.2) is 0 Å². The number of ether oxygens (including phenoxy) is 1. The highest BCUT2D eigenvalue weighted by Gasteiger charge is 2.43. The van der Waals surface area contributed by atoms with Gasteiger partial charge in [-0.05, 0) is 85.5 Å². The van der Waals surface area contributed by atoms with Gasteiger partial charge in [0.25, 0.3) is 0 Å². The number of rotatable bonds is 5. The van der Waals surface area contributed by atoms with Crippen LogP contribution in [0.2, 0.25) is 5.02 Å². The summed E-state index contributed by atoms with van der Waals surface area (Å²) in [5.41, 5.74) is 4.00. The number of esters is 1. The van der Waals surface area contributed by atoms with Gasteiger partial charge < -0.3 is 10.1 Å². The standard InChI is InChI=1S/C27H33ClN2O2/c1-15(2)21-10-7-16(3)11-23(21)32-27(31)22-14-29-26(30-20-6-4-5-19(28)13-20)25-18-9-8-17(12-18)24(22)25/h4-6,13-18,21,23H,7-12H2,1-3H3,(H,29,30)/t16-,17?,18?,21+,23-/m1/s1. The van der Waals surface area contributed by atoms with Crippen LogP contribution in [0.25, 0.3) is 0 Å². The van der Waals surface area contributed by atoms with Crippen molar-refractivity contribution in [3.63, 3.8) is 0 Å². The molecule has 4 nitrogen and oxygen atoms in total.